The van der Waals surface area contributed by atoms with Crippen molar-refractivity contribution in [3.05, 3.63) is 46.6 Å². The highest BCUT2D eigenvalue weighted by atomic mass is 79.9. The molecular weight excluding hydrogens is 348 g/mol. The van der Waals surface area contributed by atoms with Crippen molar-refractivity contribution in [2.24, 2.45) is 0 Å². The zero-order valence-corrected chi connectivity index (χ0v) is 13.8. The number of hydrogen-bond donors (Lipinski definition) is 1. The Labute approximate surface area is 135 Å². The average Bonchev–Trinajstić information content (AvgIpc) is 3.12. The lowest BCUT2D eigenvalue weighted by Crippen LogP contribution is -2.29. The standard InChI is InChI=1S/C14H15BrN6O/c1-3-20-10(5-7-17-20)9(2)18-14(22)12-11(15)13-16-6-4-8-21(13)19-12/h4-9H,3H2,1-2H3,(H,18,22). The topological polar surface area (TPSA) is 77.1 Å². The van der Waals surface area contributed by atoms with Crippen LogP contribution in [0.2, 0.25) is 0 Å². The maximum absolute atomic E-state index is 12.5. The number of nitrogens with zero attached hydrogens (tertiary/aromatic N) is 5. The van der Waals surface area contributed by atoms with Crippen LogP contribution in [-0.2, 0) is 6.54 Å². The van der Waals surface area contributed by atoms with Gasteiger partial charge < -0.3 is 5.32 Å². The van der Waals surface area contributed by atoms with Gasteiger partial charge in [0.1, 0.15) is 0 Å². The Morgan fingerprint density at radius 1 is 1.45 bits per heavy atom. The fourth-order valence-electron chi connectivity index (χ4n) is 2.32. The largest absolute Gasteiger partial charge is 0.343 e. The van der Waals surface area contributed by atoms with Crippen LogP contribution in [0, 0.1) is 0 Å². The maximum atomic E-state index is 12.5. The van der Waals surface area contributed by atoms with Gasteiger partial charge in [0.15, 0.2) is 11.3 Å². The molecule has 0 radical (unpaired) electrons. The number of nitrogens with one attached hydrogen (secondary N) is 1. The molecule has 1 N–H and O–H groups in total. The van der Waals surface area contributed by atoms with Crippen molar-refractivity contribution in [3.8, 4) is 0 Å². The molecule has 0 bridgehead atoms. The first-order chi connectivity index (χ1) is 10.6. The quantitative estimate of drug-likeness (QED) is 0.771. The van der Waals surface area contributed by atoms with Crippen LogP contribution < -0.4 is 5.32 Å². The van der Waals surface area contributed by atoms with Crippen LogP contribution in [0.5, 0.6) is 0 Å². The van der Waals surface area contributed by atoms with Gasteiger partial charge in [0.25, 0.3) is 5.91 Å². The molecule has 0 fully saturated rings. The van der Waals surface area contributed by atoms with E-state index in [4.69, 9.17) is 0 Å². The minimum absolute atomic E-state index is 0.167. The highest BCUT2D eigenvalue weighted by Gasteiger charge is 2.21. The molecule has 0 aromatic carbocycles. The summed E-state index contributed by atoms with van der Waals surface area (Å²) in [7, 11) is 0. The van der Waals surface area contributed by atoms with Gasteiger partial charge >= 0.3 is 0 Å². The average molecular weight is 363 g/mol. The minimum Gasteiger partial charge on any atom is -0.343 e. The number of carbonyl (C=O) groups is 1. The predicted molar refractivity (Wildman–Crippen MR) is 84.5 cm³/mol. The molecule has 3 aromatic heterocycles. The third kappa shape index (κ3) is 2.50. The van der Waals surface area contributed by atoms with Gasteiger partial charge in [0.05, 0.1) is 16.2 Å². The number of fused-ring (bicyclic) bond motifs is 1. The molecule has 3 aromatic rings. The van der Waals surface area contributed by atoms with E-state index in [-0.39, 0.29) is 11.9 Å². The van der Waals surface area contributed by atoms with E-state index >= 15 is 0 Å². The smallest absolute Gasteiger partial charge is 0.273 e. The molecule has 0 aliphatic rings. The molecule has 1 atom stereocenters. The molecular formula is C14H15BrN6O. The number of halogens is 1. The van der Waals surface area contributed by atoms with E-state index in [0.717, 1.165) is 12.2 Å². The number of amides is 1. The van der Waals surface area contributed by atoms with E-state index in [9.17, 15) is 4.79 Å². The second kappa shape index (κ2) is 5.88. The van der Waals surface area contributed by atoms with E-state index in [1.54, 1.807) is 29.2 Å². The summed E-state index contributed by atoms with van der Waals surface area (Å²) in [5.74, 6) is -0.256. The summed E-state index contributed by atoms with van der Waals surface area (Å²) in [5, 5.41) is 11.4. The summed E-state index contributed by atoms with van der Waals surface area (Å²) in [5.41, 5.74) is 1.88. The van der Waals surface area contributed by atoms with E-state index in [1.165, 1.54) is 0 Å². The molecule has 1 amide bonds. The first-order valence-corrected chi connectivity index (χ1v) is 7.72. The molecule has 3 heterocycles. The van der Waals surface area contributed by atoms with Crippen LogP contribution in [0.15, 0.2) is 35.2 Å². The van der Waals surface area contributed by atoms with Crippen molar-refractivity contribution < 1.29 is 4.79 Å². The summed E-state index contributed by atoms with van der Waals surface area (Å²) in [6.07, 6.45) is 5.14. The van der Waals surface area contributed by atoms with Crippen molar-refractivity contribution in [1.29, 1.82) is 0 Å². The van der Waals surface area contributed by atoms with Gasteiger partial charge in [0.2, 0.25) is 0 Å². The first kappa shape index (κ1) is 14.7. The summed E-state index contributed by atoms with van der Waals surface area (Å²) in [4.78, 5) is 16.7. The predicted octanol–water partition coefficient (Wildman–Crippen LogP) is 2.20. The van der Waals surface area contributed by atoms with Crippen molar-refractivity contribution in [1.82, 2.24) is 29.7 Å². The van der Waals surface area contributed by atoms with E-state index in [0.29, 0.717) is 15.8 Å². The molecule has 0 spiro atoms. The number of carbonyl (C=O) groups excluding carboxylic acids is 1. The Morgan fingerprint density at radius 2 is 2.27 bits per heavy atom. The van der Waals surface area contributed by atoms with Gasteiger partial charge in [-0.05, 0) is 41.9 Å². The van der Waals surface area contributed by atoms with Crippen LogP contribution in [0.25, 0.3) is 5.65 Å². The lowest BCUT2D eigenvalue weighted by molar-refractivity contribution is 0.0932. The summed E-state index contributed by atoms with van der Waals surface area (Å²) >= 11 is 3.40. The van der Waals surface area contributed by atoms with Crippen LogP contribution in [-0.4, -0.2) is 30.3 Å². The zero-order chi connectivity index (χ0) is 15.7. The van der Waals surface area contributed by atoms with Crippen LogP contribution in [0.1, 0.15) is 36.1 Å². The lowest BCUT2D eigenvalue weighted by Gasteiger charge is -2.14. The Hall–Kier alpha value is -2.22. The molecule has 22 heavy (non-hydrogen) atoms. The number of aryl methyl sites for hydroxylation is 1. The molecule has 1 unspecified atom stereocenters. The van der Waals surface area contributed by atoms with Gasteiger partial charge in [-0.2, -0.15) is 10.2 Å². The second-order valence-corrected chi connectivity index (χ2v) is 5.61. The van der Waals surface area contributed by atoms with Gasteiger partial charge in [-0.3, -0.25) is 9.48 Å². The van der Waals surface area contributed by atoms with Crippen LogP contribution >= 0.6 is 15.9 Å². The highest BCUT2D eigenvalue weighted by Crippen LogP contribution is 2.21. The zero-order valence-electron chi connectivity index (χ0n) is 12.2. The molecule has 0 aliphatic carbocycles. The fraction of sp³-hybridized carbons (Fsp3) is 0.286. The van der Waals surface area contributed by atoms with Crippen molar-refractivity contribution in [2.75, 3.05) is 0 Å². The SMILES string of the molecule is CCn1nccc1C(C)NC(=O)c1nn2cccnc2c1Br. The minimum atomic E-state index is -0.256. The van der Waals surface area contributed by atoms with Crippen LogP contribution in [0.3, 0.4) is 0 Å². The summed E-state index contributed by atoms with van der Waals surface area (Å²) in [6.45, 7) is 4.68. The number of rotatable bonds is 4. The third-order valence-electron chi connectivity index (χ3n) is 3.39. The number of hydrogen-bond acceptors (Lipinski definition) is 4. The Morgan fingerprint density at radius 3 is 3.00 bits per heavy atom. The van der Waals surface area contributed by atoms with Crippen molar-refractivity contribution in [3.63, 3.8) is 0 Å². The first-order valence-electron chi connectivity index (χ1n) is 6.93. The molecule has 114 valence electrons. The molecule has 7 nitrogen and oxygen atoms in total. The Kier molecular flexibility index (Phi) is 3.93. The molecule has 0 saturated heterocycles. The lowest BCUT2D eigenvalue weighted by atomic mass is 10.2. The monoisotopic (exact) mass is 362 g/mol. The highest BCUT2D eigenvalue weighted by molar-refractivity contribution is 9.10. The van der Waals surface area contributed by atoms with Gasteiger partial charge in [0, 0.05) is 25.1 Å². The maximum Gasteiger partial charge on any atom is 0.273 e. The molecule has 0 saturated carbocycles. The van der Waals surface area contributed by atoms with Crippen molar-refractivity contribution >= 4 is 27.5 Å². The van der Waals surface area contributed by atoms with Gasteiger partial charge in [-0.25, -0.2) is 9.50 Å². The van der Waals surface area contributed by atoms with E-state index in [2.05, 4.69) is 36.4 Å². The van der Waals surface area contributed by atoms with Crippen LogP contribution in [0.4, 0.5) is 0 Å². The van der Waals surface area contributed by atoms with Gasteiger partial charge in [-0.1, -0.05) is 0 Å². The summed E-state index contributed by atoms with van der Waals surface area (Å²) in [6, 6.07) is 3.49. The summed E-state index contributed by atoms with van der Waals surface area (Å²) < 4.78 is 4.01. The molecule has 8 heteroatoms. The van der Waals surface area contributed by atoms with E-state index in [1.807, 2.05) is 24.6 Å². The fourth-order valence-corrected chi connectivity index (χ4v) is 2.86. The van der Waals surface area contributed by atoms with Crippen molar-refractivity contribution in [2.45, 2.75) is 26.4 Å². The number of aromatic nitrogens is 5. The molecule has 3 rings (SSSR count). The Balaban J connectivity index is 1.86. The Bertz CT molecular complexity index is 824. The molecule has 0 aliphatic heterocycles. The third-order valence-corrected chi connectivity index (χ3v) is 4.12. The normalized spacial score (nSPS) is 12.5. The van der Waals surface area contributed by atoms with Gasteiger partial charge in [-0.15, -0.1) is 0 Å². The van der Waals surface area contributed by atoms with E-state index < -0.39 is 0 Å². The second-order valence-electron chi connectivity index (χ2n) is 4.82.